The molecule has 2 heterocycles. The van der Waals surface area contributed by atoms with Crippen molar-refractivity contribution in [2.75, 3.05) is 13.6 Å². The number of pyridine rings is 1. The van der Waals surface area contributed by atoms with Gasteiger partial charge in [0.15, 0.2) is 17.4 Å². The number of nitrogens with zero attached hydrogens (tertiary/aromatic N) is 4. The van der Waals surface area contributed by atoms with E-state index in [-0.39, 0.29) is 24.0 Å². The minimum atomic E-state index is 0. The largest absolute Gasteiger partial charge is 0.356 e. The molecule has 1 atom stereocenters. The average Bonchev–Trinajstić information content (AvgIpc) is 3.01. The van der Waals surface area contributed by atoms with Crippen molar-refractivity contribution < 1.29 is 0 Å². The number of aliphatic imine (C=N–C) groups is 1. The Morgan fingerprint density at radius 3 is 2.79 bits per heavy atom. The summed E-state index contributed by atoms with van der Waals surface area (Å²) in [5.74, 6) is 2.39. The molecule has 0 amide bonds. The zero-order valence-corrected chi connectivity index (χ0v) is 17.2. The van der Waals surface area contributed by atoms with Crippen LogP contribution in [-0.4, -0.2) is 34.2 Å². The van der Waals surface area contributed by atoms with Crippen LogP contribution in [0.2, 0.25) is 0 Å². The van der Waals surface area contributed by atoms with Gasteiger partial charge in [-0.3, -0.25) is 9.39 Å². The number of nitrogens with one attached hydrogen (secondary N) is 2. The van der Waals surface area contributed by atoms with E-state index in [4.69, 9.17) is 0 Å². The summed E-state index contributed by atoms with van der Waals surface area (Å²) in [5, 5.41) is 15.1. The number of hydrogen-bond acceptors (Lipinski definition) is 3. The van der Waals surface area contributed by atoms with Gasteiger partial charge in [-0.05, 0) is 24.5 Å². The molecule has 0 spiro atoms. The maximum absolute atomic E-state index is 4.29. The summed E-state index contributed by atoms with van der Waals surface area (Å²) in [6.07, 6.45) is 6.98. The third-order valence-corrected chi connectivity index (χ3v) is 4.12. The van der Waals surface area contributed by atoms with Gasteiger partial charge in [0.2, 0.25) is 0 Å². The highest BCUT2D eigenvalue weighted by atomic mass is 127. The quantitative estimate of drug-likeness (QED) is 0.373. The molecule has 2 rings (SSSR count). The first-order chi connectivity index (χ1) is 11.3. The lowest BCUT2D eigenvalue weighted by Gasteiger charge is -2.17. The van der Waals surface area contributed by atoms with Crippen molar-refractivity contribution >= 4 is 35.6 Å². The second-order valence-electron chi connectivity index (χ2n) is 5.77. The van der Waals surface area contributed by atoms with E-state index in [1.165, 1.54) is 25.7 Å². The molecule has 0 aromatic carbocycles. The Morgan fingerprint density at radius 1 is 1.25 bits per heavy atom. The van der Waals surface area contributed by atoms with Crippen molar-refractivity contribution in [3.05, 3.63) is 30.2 Å². The highest BCUT2D eigenvalue weighted by molar-refractivity contribution is 14.0. The summed E-state index contributed by atoms with van der Waals surface area (Å²) in [5.41, 5.74) is 0.859. The predicted molar refractivity (Wildman–Crippen MR) is 110 cm³/mol. The summed E-state index contributed by atoms with van der Waals surface area (Å²) in [7, 11) is 1.80. The molecule has 0 aliphatic heterocycles. The first kappa shape index (κ1) is 20.7. The van der Waals surface area contributed by atoms with Crippen LogP contribution >= 0.6 is 24.0 Å². The Bertz CT molecular complexity index is 624. The molecular weight excluding hydrogens is 415 g/mol. The Morgan fingerprint density at radius 2 is 2.08 bits per heavy atom. The molecule has 6 nitrogen and oxygen atoms in total. The van der Waals surface area contributed by atoms with Gasteiger partial charge in [-0.15, -0.1) is 34.2 Å². The third kappa shape index (κ3) is 5.92. The van der Waals surface area contributed by atoms with Gasteiger partial charge in [0.05, 0.1) is 6.54 Å². The summed E-state index contributed by atoms with van der Waals surface area (Å²) >= 11 is 0. The van der Waals surface area contributed by atoms with Crippen LogP contribution in [0.3, 0.4) is 0 Å². The molecule has 0 bridgehead atoms. The topological polar surface area (TPSA) is 66.6 Å². The Kier molecular flexibility index (Phi) is 9.66. The fourth-order valence-corrected chi connectivity index (χ4v) is 2.58. The van der Waals surface area contributed by atoms with Gasteiger partial charge >= 0.3 is 0 Å². The van der Waals surface area contributed by atoms with Gasteiger partial charge in [0, 0.05) is 19.8 Å². The predicted octanol–water partition coefficient (Wildman–Crippen LogP) is 3.23. The van der Waals surface area contributed by atoms with Gasteiger partial charge in [0.25, 0.3) is 0 Å². The Labute approximate surface area is 161 Å². The lowest BCUT2D eigenvalue weighted by molar-refractivity contribution is 0.443. The molecule has 2 aromatic rings. The minimum Gasteiger partial charge on any atom is -0.356 e. The van der Waals surface area contributed by atoms with Crippen molar-refractivity contribution in [1.29, 1.82) is 0 Å². The zero-order valence-electron chi connectivity index (χ0n) is 14.8. The molecule has 2 aromatic heterocycles. The van der Waals surface area contributed by atoms with E-state index in [2.05, 4.69) is 39.7 Å². The SMILES string of the molecule is CCCCC(CC)CNC(=NC)NCc1nnc2ccccn12.I. The summed E-state index contributed by atoms with van der Waals surface area (Å²) < 4.78 is 1.98. The van der Waals surface area contributed by atoms with Crippen LogP contribution in [0.1, 0.15) is 45.4 Å². The van der Waals surface area contributed by atoms with E-state index in [1.54, 1.807) is 7.05 Å². The van der Waals surface area contributed by atoms with Crippen LogP contribution < -0.4 is 10.6 Å². The number of unbranched alkanes of at least 4 members (excludes halogenated alkanes) is 1. The second kappa shape index (κ2) is 11.2. The van der Waals surface area contributed by atoms with Gasteiger partial charge in [-0.25, -0.2) is 0 Å². The highest BCUT2D eigenvalue weighted by Crippen LogP contribution is 2.11. The van der Waals surface area contributed by atoms with Crippen molar-refractivity contribution in [2.24, 2.45) is 10.9 Å². The number of halogens is 1. The fourth-order valence-electron chi connectivity index (χ4n) is 2.58. The highest BCUT2D eigenvalue weighted by Gasteiger charge is 2.08. The average molecular weight is 444 g/mol. The first-order valence-electron chi connectivity index (χ1n) is 8.51. The van der Waals surface area contributed by atoms with E-state index in [1.807, 2.05) is 28.8 Å². The van der Waals surface area contributed by atoms with Gasteiger partial charge in [-0.2, -0.15) is 0 Å². The molecule has 0 aliphatic carbocycles. The van der Waals surface area contributed by atoms with Crippen LogP contribution in [0.5, 0.6) is 0 Å². The summed E-state index contributed by atoms with van der Waals surface area (Å²) in [6, 6.07) is 5.89. The lowest BCUT2D eigenvalue weighted by atomic mass is 9.99. The molecule has 1 unspecified atom stereocenters. The van der Waals surface area contributed by atoms with E-state index >= 15 is 0 Å². The van der Waals surface area contributed by atoms with E-state index in [0.717, 1.165) is 24.0 Å². The molecule has 134 valence electrons. The smallest absolute Gasteiger partial charge is 0.191 e. The van der Waals surface area contributed by atoms with Crippen LogP contribution in [0.25, 0.3) is 5.65 Å². The summed E-state index contributed by atoms with van der Waals surface area (Å²) in [4.78, 5) is 4.29. The fraction of sp³-hybridized carbons (Fsp3) is 0.588. The van der Waals surface area contributed by atoms with E-state index in [9.17, 15) is 0 Å². The number of hydrogen-bond donors (Lipinski definition) is 2. The first-order valence-corrected chi connectivity index (χ1v) is 8.51. The minimum absolute atomic E-state index is 0. The van der Waals surface area contributed by atoms with Crippen LogP contribution in [0, 0.1) is 5.92 Å². The van der Waals surface area contributed by atoms with E-state index in [0.29, 0.717) is 12.5 Å². The maximum Gasteiger partial charge on any atom is 0.191 e. The number of fused-ring (bicyclic) bond motifs is 1. The third-order valence-electron chi connectivity index (χ3n) is 4.12. The normalized spacial score (nSPS) is 12.7. The standard InChI is InChI=1S/C17H28N6.HI/c1-4-6-9-14(5-2)12-19-17(18-3)20-13-16-22-21-15-10-7-8-11-23(15)16;/h7-8,10-11,14H,4-6,9,12-13H2,1-3H3,(H2,18,19,20);1H. The lowest BCUT2D eigenvalue weighted by Crippen LogP contribution is -2.39. The molecule has 0 fully saturated rings. The number of guanidine groups is 1. The Balaban J connectivity index is 0.00000288. The molecule has 2 N–H and O–H groups in total. The van der Waals surface area contributed by atoms with Gasteiger partial charge in [-0.1, -0.05) is 39.2 Å². The number of aromatic nitrogens is 3. The molecule has 0 radical (unpaired) electrons. The molecule has 0 saturated heterocycles. The summed E-state index contributed by atoms with van der Waals surface area (Å²) in [6.45, 7) is 6.04. The molecular formula is C17H29IN6. The zero-order chi connectivity index (χ0) is 16.5. The molecule has 24 heavy (non-hydrogen) atoms. The van der Waals surface area contributed by atoms with Crippen LogP contribution in [0.15, 0.2) is 29.4 Å². The van der Waals surface area contributed by atoms with Crippen molar-refractivity contribution in [3.63, 3.8) is 0 Å². The van der Waals surface area contributed by atoms with Crippen LogP contribution in [-0.2, 0) is 6.54 Å². The number of rotatable bonds is 8. The van der Waals surface area contributed by atoms with Crippen molar-refractivity contribution in [1.82, 2.24) is 25.2 Å². The molecule has 7 heteroatoms. The Hall–Kier alpha value is -1.38. The molecule has 0 saturated carbocycles. The second-order valence-corrected chi connectivity index (χ2v) is 5.77. The monoisotopic (exact) mass is 444 g/mol. The van der Waals surface area contributed by atoms with E-state index < -0.39 is 0 Å². The van der Waals surface area contributed by atoms with Gasteiger partial charge in [0.1, 0.15) is 0 Å². The van der Waals surface area contributed by atoms with Crippen molar-refractivity contribution in [2.45, 2.75) is 46.1 Å². The van der Waals surface area contributed by atoms with Crippen LogP contribution in [0.4, 0.5) is 0 Å². The van der Waals surface area contributed by atoms with Crippen molar-refractivity contribution in [3.8, 4) is 0 Å². The molecule has 0 aliphatic rings. The van der Waals surface area contributed by atoms with Gasteiger partial charge < -0.3 is 10.6 Å². The maximum atomic E-state index is 4.29.